The van der Waals surface area contributed by atoms with Crippen molar-refractivity contribution in [1.29, 1.82) is 0 Å². The van der Waals surface area contributed by atoms with Gasteiger partial charge in [0, 0.05) is 19.2 Å². The van der Waals surface area contributed by atoms with Crippen LogP contribution in [0.5, 0.6) is 0 Å². The van der Waals surface area contributed by atoms with Crippen LogP contribution in [0.3, 0.4) is 0 Å². The summed E-state index contributed by atoms with van der Waals surface area (Å²) in [5.74, 6) is 1.28. The fourth-order valence-corrected chi connectivity index (χ4v) is 1.60. The Kier molecular flexibility index (Phi) is 1.37. The van der Waals surface area contributed by atoms with Crippen molar-refractivity contribution in [3.05, 3.63) is 11.8 Å². The highest BCUT2D eigenvalue weighted by Crippen LogP contribution is 2.20. The molecule has 0 unspecified atom stereocenters. The Balaban J connectivity index is 2.37. The van der Waals surface area contributed by atoms with Crippen LogP contribution in [0.1, 0.15) is 12.6 Å². The molecule has 1 aliphatic heterocycles. The quantitative estimate of drug-likeness (QED) is 0.597. The zero-order valence-corrected chi connectivity index (χ0v) is 7.04. The van der Waals surface area contributed by atoms with E-state index in [1.165, 1.54) is 5.82 Å². The van der Waals surface area contributed by atoms with E-state index in [4.69, 9.17) is 0 Å². The number of aromatic nitrogens is 2. The first-order valence-corrected chi connectivity index (χ1v) is 4.10. The van der Waals surface area contributed by atoms with Crippen molar-refractivity contribution in [2.75, 3.05) is 18.0 Å². The largest absolute Gasteiger partial charge is 0.355 e. The lowest BCUT2D eigenvalue weighted by molar-refractivity contribution is 0.680. The molecule has 0 aliphatic carbocycles. The molecule has 60 valence electrons. The monoisotopic (exact) mass is 151 g/mol. The van der Waals surface area contributed by atoms with Gasteiger partial charge in [-0.15, -0.1) is 0 Å². The van der Waals surface area contributed by atoms with E-state index in [-0.39, 0.29) is 0 Å². The maximum atomic E-state index is 4.36. The number of anilines is 1. The number of nitrogens with zero attached hydrogens (tertiary/aromatic N) is 3. The highest BCUT2D eigenvalue weighted by Gasteiger charge is 2.18. The van der Waals surface area contributed by atoms with Crippen LogP contribution in [0.2, 0.25) is 0 Å². The molecule has 0 fully saturated rings. The molecule has 0 aromatic carbocycles. The van der Waals surface area contributed by atoms with Crippen LogP contribution < -0.4 is 4.90 Å². The SMILES string of the molecule is CCN1CCn2nc(C)cc21. The summed E-state index contributed by atoms with van der Waals surface area (Å²) in [6, 6.07) is 2.15. The maximum Gasteiger partial charge on any atom is 0.127 e. The number of hydrogen-bond donors (Lipinski definition) is 0. The molecule has 0 radical (unpaired) electrons. The van der Waals surface area contributed by atoms with Crippen LogP contribution in [0.15, 0.2) is 6.07 Å². The lowest BCUT2D eigenvalue weighted by atomic mass is 10.4. The minimum absolute atomic E-state index is 1.05. The predicted octanol–water partition coefficient (Wildman–Crippen LogP) is 1.03. The Hall–Kier alpha value is -0.990. The van der Waals surface area contributed by atoms with Crippen molar-refractivity contribution >= 4 is 5.82 Å². The lowest BCUT2D eigenvalue weighted by Crippen LogP contribution is -2.18. The molecule has 0 atom stereocenters. The zero-order chi connectivity index (χ0) is 7.84. The fraction of sp³-hybridized carbons (Fsp3) is 0.625. The molecule has 0 amide bonds. The predicted molar refractivity (Wildman–Crippen MR) is 44.9 cm³/mol. The van der Waals surface area contributed by atoms with Crippen molar-refractivity contribution in [1.82, 2.24) is 9.78 Å². The summed E-state index contributed by atoms with van der Waals surface area (Å²) < 4.78 is 2.08. The molecule has 1 aliphatic rings. The third-order valence-electron chi connectivity index (χ3n) is 2.17. The van der Waals surface area contributed by atoms with Crippen molar-refractivity contribution in [3.63, 3.8) is 0 Å². The molecule has 3 nitrogen and oxygen atoms in total. The van der Waals surface area contributed by atoms with E-state index in [0.717, 1.165) is 25.3 Å². The average Bonchev–Trinajstić information content (AvgIpc) is 2.45. The topological polar surface area (TPSA) is 21.1 Å². The Morgan fingerprint density at radius 1 is 1.55 bits per heavy atom. The maximum absolute atomic E-state index is 4.36. The van der Waals surface area contributed by atoms with Gasteiger partial charge in [-0.1, -0.05) is 0 Å². The molecule has 0 N–H and O–H groups in total. The smallest absolute Gasteiger partial charge is 0.127 e. The van der Waals surface area contributed by atoms with E-state index < -0.39 is 0 Å². The van der Waals surface area contributed by atoms with E-state index >= 15 is 0 Å². The summed E-state index contributed by atoms with van der Waals surface area (Å²) in [6.07, 6.45) is 0. The Morgan fingerprint density at radius 2 is 2.36 bits per heavy atom. The molecule has 0 saturated heterocycles. The number of fused-ring (bicyclic) bond motifs is 1. The first-order chi connectivity index (χ1) is 5.31. The van der Waals surface area contributed by atoms with E-state index in [1.54, 1.807) is 0 Å². The van der Waals surface area contributed by atoms with E-state index in [1.807, 2.05) is 6.92 Å². The fourth-order valence-electron chi connectivity index (χ4n) is 1.60. The van der Waals surface area contributed by atoms with Crippen molar-refractivity contribution < 1.29 is 0 Å². The molecule has 11 heavy (non-hydrogen) atoms. The van der Waals surface area contributed by atoms with Gasteiger partial charge in [0.25, 0.3) is 0 Å². The van der Waals surface area contributed by atoms with Crippen LogP contribution in [-0.2, 0) is 6.54 Å². The second-order valence-corrected chi connectivity index (χ2v) is 2.95. The van der Waals surface area contributed by atoms with Gasteiger partial charge in [0.05, 0.1) is 12.2 Å². The average molecular weight is 151 g/mol. The van der Waals surface area contributed by atoms with Crippen LogP contribution in [0.4, 0.5) is 5.82 Å². The Labute approximate surface area is 66.6 Å². The second-order valence-electron chi connectivity index (χ2n) is 2.95. The first-order valence-electron chi connectivity index (χ1n) is 4.10. The van der Waals surface area contributed by atoms with Gasteiger partial charge >= 0.3 is 0 Å². The Morgan fingerprint density at radius 3 is 3.09 bits per heavy atom. The van der Waals surface area contributed by atoms with Gasteiger partial charge in [-0.2, -0.15) is 5.10 Å². The summed E-state index contributed by atoms with van der Waals surface area (Å²) in [7, 11) is 0. The number of likely N-dealkylation sites (N-methyl/N-ethyl adjacent to an activating group) is 1. The zero-order valence-electron chi connectivity index (χ0n) is 7.04. The molecule has 0 saturated carbocycles. The van der Waals surface area contributed by atoms with Gasteiger partial charge in [0.1, 0.15) is 5.82 Å². The Bertz CT molecular complexity index is 264. The van der Waals surface area contributed by atoms with Crippen LogP contribution in [0.25, 0.3) is 0 Å². The molecule has 3 heteroatoms. The highest BCUT2D eigenvalue weighted by atomic mass is 15.4. The summed E-state index contributed by atoms with van der Waals surface area (Å²) in [5, 5.41) is 4.36. The third kappa shape index (κ3) is 0.914. The third-order valence-corrected chi connectivity index (χ3v) is 2.17. The summed E-state index contributed by atoms with van der Waals surface area (Å²) in [6.45, 7) is 7.48. The number of hydrogen-bond acceptors (Lipinski definition) is 2. The molecular weight excluding hydrogens is 138 g/mol. The van der Waals surface area contributed by atoms with E-state index in [9.17, 15) is 0 Å². The second kappa shape index (κ2) is 2.26. The molecule has 0 spiro atoms. The van der Waals surface area contributed by atoms with E-state index in [2.05, 4.69) is 27.7 Å². The lowest BCUT2D eigenvalue weighted by Gasteiger charge is -2.12. The number of aryl methyl sites for hydroxylation is 1. The van der Waals surface area contributed by atoms with Crippen LogP contribution in [-0.4, -0.2) is 22.9 Å². The minimum Gasteiger partial charge on any atom is -0.355 e. The van der Waals surface area contributed by atoms with Crippen LogP contribution >= 0.6 is 0 Å². The summed E-state index contributed by atoms with van der Waals surface area (Å²) in [5.41, 5.74) is 1.12. The molecular formula is C8H13N3. The first kappa shape index (κ1) is 6.70. The van der Waals surface area contributed by atoms with Gasteiger partial charge < -0.3 is 4.90 Å². The minimum atomic E-state index is 1.05. The van der Waals surface area contributed by atoms with Gasteiger partial charge in [-0.05, 0) is 13.8 Å². The van der Waals surface area contributed by atoms with Gasteiger partial charge in [0.15, 0.2) is 0 Å². The van der Waals surface area contributed by atoms with Gasteiger partial charge in [-0.25, -0.2) is 4.68 Å². The number of rotatable bonds is 1. The molecule has 1 aromatic heterocycles. The summed E-state index contributed by atoms with van der Waals surface area (Å²) in [4.78, 5) is 2.35. The van der Waals surface area contributed by atoms with Crippen molar-refractivity contribution in [2.24, 2.45) is 0 Å². The van der Waals surface area contributed by atoms with Crippen molar-refractivity contribution in [3.8, 4) is 0 Å². The summed E-state index contributed by atoms with van der Waals surface area (Å²) >= 11 is 0. The van der Waals surface area contributed by atoms with Gasteiger partial charge in [-0.3, -0.25) is 0 Å². The standard InChI is InChI=1S/C8H13N3/c1-3-10-4-5-11-8(10)6-7(2)9-11/h6H,3-5H2,1-2H3. The highest BCUT2D eigenvalue weighted by molar-refractivity contribution is 5.43. The van der Waals surface area contributed by atoms with Gasteiger partial charge in [0.2, 0.25) is 0 Å². The molecule has 2 heterocycles. The molecule has 1 aromatic rings. The van der Waals surface area contributed by atoms with Crippen molar-refractivity contribution in [2.45, 2.75) is 20.4 Å². The van der Waals surface area contributed by atoms with Crippen LogP contribution in [0, 0.1) is 6.92 Å². The van der Waals surface area contributed by atoms with E-state index in [0.29, 0.717) is 0 Å². The normalized spacial score (nSPS) is 15.6. The molecule has 2 rings (SSSR count). The molecule has 0 bridgehead atoms.